The maximum atomic E-state index is 13.6. The molecule has 32 heavy (non-hydrogen) atoms. The molecule has 4 heterocycles. The summed E-state index contributed by atoms with van der Waals surface area (Å²) >= 11 is 8.91. The Balaban J connectivity index is 1.51. The van der Waals surface area contributed by atoms with Crippen LogP contribution < -0.4 is 10.6 Å². The van der Waals surface area contributed by atoms with E-state index in [1.165, 1.54) is 4.40 Å². The topological polar surface area (TPSA) is 53.8 Å². The fourth-order valence-electron chi connectivity index (χ4n) is 4.33. The number of hydrogen-bond acceptors (Lipinski definition) is 7. The zero-order chi connectivity index (χ0) is 22.9. The minimum absolute atomic E-state index is 0.0800. The Bertz CT molecular complexity index is 922. The maximum absolute atomic E-state index is 13.6. The lowest BCUT2D eigenvalue weighted by Gasteiger charge is -2.36. The molecule has 2 aliphatic heterocycles. The molecule has 2 saturated heterocycles. The number of ether oxygens (including phenoxy) is 1. The van der Waals surface area contributed by atoms with Crippen molar-refractivity contribution in [3.8, 4) is 0 Å². The summed E-state index contributed by atoms with van der Waals surface area (Å²) in [5, 5.41) is 6.69. The minimum atomic E-state index is -4.46. The molecule has 0 amide bonds. The largest absolute Gasteiger partial charge is 0.417 e. The molecule has 2 unspecified atom stereocenters. The zero-order valence-corrected chi connectivity index (χ0v) is 19.8. The molecular formula is C21H30F3N5OS2. The van der Waals surface area contributed by atoms with Crippen molar-refractivity contribution >= 4 is 36.6 Å². The fraction of sp³-hybridized carbons (Fsp3) is 0.667. The van der Waals surface area contributed by atoms with Crippen LogP contribution in [0.4, 0.5) is 18.9 Å². The number of rotatable bonds is 6. The number of nitrogens with one attached hydrogen (secondary N) is 2. The van der Waals surface area contributed by atoms with Gasteiger partial charge in [0.1, 0.15) is 0 Å². The van der Waals surface area contributed by atoms with Crippen LogP contribution in [-0.4, -0.2) is 71.5 Å². The number of thiol groups is 2. The summed E-state index contributed by atoms with van der Waals surface area (Å²) in [6, 6.07) is 1.24. The molecule has 2 fully saturated rings. The van der Waals surface area contributed by atoms with E-state index in [4.69, 9.17) is 4.74 Å². The van der Waals surface area contributed by atoms with Crippen molar-refractivity contribution in [2.24, 2.45) is 0 Å². The summed E-state index contributed by atoms with van der Waals surface area (Å²) in [5.74, 6) is 0.363. The van der Waals surface area contributed by atoms with Crippen molar-refractivity contribution in [1.29, 1.82) is 0 Å². The molecule has 11 heteroatoms. The van der Waals surface area contributed by atoms with Gasteiger partial charge >= 0.3 is 6.18 Å². The number of pyridine rings is 1. The van der Waals surface area contributed by atoms with Crippen molar-refractivity contribution in [3.63, 3.8) is 0 Å². The summed E-state index contributed by atoms with van der Waals surface area (Å²) in [6.45, 7) is 6.94. The van der Waals surface area contributed by atoms with Crippen LogP contribution in [0, 0.1) is 0 Å². The molecule has 0 radical (unpaired) electrons. The van der Waals surface area contributed by atoms with E-state index in [1.807, 2.05) is 6.92 Å². The van der Waals surface area contributed by atoms with Crippen LogP contribution in [-0.2, 0) is 15.7 Å². The highest BCUT2D eigenvalue weighted by atomic mass is 32.1. The predicted molar refractivity (Wildman–Crippen MR) is 126 cm³/mol. The molecule has 178 valence electrons. The minimum Gasteiger partial charge on any atom is -0.379 e. The quantitative estimate of drug-likeness (QED) is 0.470. The van der Waals surface area contributed by atoms with Gasteiger partial charge in [-0.2, -0.15) is 38.4 Å². The van der Waals surface area contributed by atoms with E-state index in [2.05, 4.69) is 45.8 Å². The van der Waals surface area contributed by atoms with Gasteiger partial charge in [0.15, 0.2) is 5.65 Å². The second-order valence-corrected chi connectivity index (χ2v) is 10.1. The molecule has 6 nitrogen and oxygen atoms in total. The molecular weight excluding hydrogens is 459 g/mol. The lowest BCUT2D eigenvalue weighted by Crippen LogP contribution is -2.48. The fourth-order valence-corrected chi connectivity index (χ4v) is 4.66. The summed E-state index contributed by atoms with van der Waals surface area (Å²) in [7, 11) is 0. The Hall–Kier alpha value is -1.14. The van der Waals surface area contributed by atoms with Crippen LogP contribution in [0.1, 0.15) is 31.0 Å². The number of alkyl halides is 3. The summed E-state index contributed by atoms with van der Waals surface area (Å²) in [5.41, 5.74) is 0.733. The summed E-state index contributed by atoms with van der Waals surface area (Å²) in [6.07, 6.45) is 0.111. The van der Waals surface area contributed by atoms with Gasteiger partial charge in [-0.05, 0) is 25.8 Å². The highest BCUT2D eigenvalue weighted by Crippen LogP contribution is 2.36. The van der Waals surface area contributed by atoms with E-state index in [0.717, 1.165) is 64.4 Å². The standard InChI is InChI=1S/C21H30F3N5OS2/c1-20(32,13-31)18-10-26-19-17(8-14(11-29(18)19)21(22,23)24)27-15-2-5-28(6-3-15)12-16-9-25-4-7-30-16/h8,10-11,15-16,25,27,31-32H,2-7,9,12-13H2,1H3. The Morgan fingerprint density at radius 3 is 2.69 bits per heavy atom. The molecule has 4 rings (SSSR count). The van der Waals surface area contributed by atoms with Crippen molar-refractivity contribution < 1.29 is 17.9 Å². The van der Waals surface area contributed by atoms with Gasteiger partial charge in [0.2, 0.25) is 0 Å². The van der Waals surface area contributed by atoms with Gasteiger partial charge in [-0.15, -0.1) is 0 Å². The molecule has 2 aromatic heterocycles. The number of aromatic nitrogens is 2. The molecule has 0 saturated carbocycles. The van der Waals surface area contributed by atoms with E-state index >= 15 is 0 Å². The highest BCUT2D eigenvalue weighted by Gasteiger charge is 2.34. The van der Waals surface area contributed by atoms with E-state index in [-0.39, 0.29) is 12.1 Å². The van der Waals surface area contributed by atoms with E-state index in [1.54, 1.807) is 6.20 Å². The number of likely N-dealkylation sites (tertiary alicyclic amines) is 1. The second kappa shape index (κ2) is 9.61. The number of imidazole rings is 1. The van der Waals surface area contributed by atoms with E-state index < -0.39 is 16.5 Å². The maximum Gasteiger partial charge on any atom is 0.417 e. The van der Waals surface area contributed by atoms with Gasteiger partial charge < -0.3 is 24.7 Å². The average Bonchev–Trinajstić information content (AvgIpc) is 3.21. The number of piperidine rings is 1. The van der Waals surface area contributed by atoms with Gasteiger partial charge in [0.05, 0.1) is 40.6 Å². The molecule has 2 N–H and O–H groups in total. The van der Waals surface area contributed by atoms with Crippen LogP contribution in [0.3, 0.4) is 0 Å². The third-order valence-electron chi connectivity index (χ3n) is 6.21. The van der Waals surface area contributed by atoms with Crippen molar-refractivity contribution in [2.75, 3.05) is 50.4 Å². The van der Waals surface area contributed by atoms with Crippen LogP contribution in [0.2, 0.25) is 0 Å². The van der Waals surface area contributed by atoms with Crippen molar-refractivity contribution in [1.82, 2.24) is 19.6 Å². The number of morpholine rings is 1. The Labute approximate surface area is 197 Å². The predicted octanol–water partition coefficient (Wildman–Crippen LogP) is 3.29. The molecule has 2 atom stereocenters. The van der Waals surface area contributed by atoms with Crippen LogP contribution in [0.25, 0.3) is 5.65 Å². The van der Waals surface area contributed by atoms with Crippen LogP contribution in [0.15, 0.2) is 18.5 Å². The molecule has 2 aliphatic rings. The van der Waals surface area contributed by atoms with Crippen molar-refractivity contribution in [2.45, 2.75) is 42.8 Å². The monoisotopic (exact) mass is 489 g/mol. The number of fused-ring (bicyclic) bond motifs is 1. The first-order chi connectivity index (χ1) is 15.2. The Kier molecular flexibility index (Phi) is 7.21. The van der Waals surface area contributed by atoms with Gasteiger partial charge in [0.25, 0.3) is 0 Å². The van der Waals surface area contributed by atoms with Gasteiger partial charge in [0, 0.05) is 50.7 Å². The van der Waals surface area contributed by atoms with Gasteiger partial charge in [-0.1, -0.05) is 0 Å². The Morgan fingerprint density at radius 1 is 1.31 bits per heavy atom. The average molecular weight is 490 g/mol. The van der Waals surface area contributed by atoms with Crippen LogP contribution >= 0.6 is 25.3 Å². The smallest absolute Gasteiger partial charge is 0.379 e. The Morgan fingerprint density at radius 2 is 2.06 bits per heavy atom. The summed E-state index contributed by atoms with van der Waals surface area (Å²) in [4.78, 5) is 6.80. The van der Waals surface area contributed by atoms with Crippen LogP contribution in [0.5, 0.6) is 0 Å². The number of halogens is 3. The first kappa shape index (κ1) is 24.0. The molecule has 2 aromatic rings. The molecule has 0 aliphatic carbocycles. The van der Waals surface area contributed by atoms with Crippen molar-refractivity contribution in [3.05, 3.63) is 29.7 Å². The lowest BCUT2D eigenvalue weighted by molar-refractivity contribution is -0.137. The SMILES string of the molecule is CC(S)(CS)c1cnc2c(NC3CCN(CC4CNCCO4)CC3)cc(C(F)(F)F)cn12. The first-order valence-electron chi connectivity index (χ1n) is 10.9. The molecule has 0 spiro atoms. The highest BCUT2D eigenvalue weighted by molar-refractivity contribution is 7.85. The number of hydrogen-bond donors (Lipinski definition) is 4. The zero-order valence-electron chi connectivity index (χ0n) is 18.0. The van der Waals surface area contributed by atoms with Gasteiger partial charge in [-0.25, -0.2) is 4.98 Å². The van der Waals surface area contributed by atoms with E-state index in [0.29, 0.717) is 22.8 Å². The lowest BCUT2D eigenvalue weighted by atomic mass is 10.0. The second-order valence-electron chi connectivity index (χ2n) is 8.83. The molecule has 0 aromatic carbocycles. The first-order valence-corrected chi connectivity index (χ1v) is 12.0. The summed E-state index contributed by atoms with van der Waals surface area (Å²) < 4.78 is 47.5. The third-order valence-corrected chi connectivity index (χ3v) is 7.48. The van der Waals surface area contributed by atoms with E-state index in [9.17, 15) is 13.2 Å². The number of anilines is 1. The number of nitrogens with zero attached hydrogens (tertiary/aromatic N) is 3. The molecule has 0 bridgehead atoms. The normalized spacial score (nSPS) is 23.4. The van der Waals surface area contributed by atoms with Gasteiger partial charge in [-0.3, -0.25) is 0 Å². The third kappa shape index (κ3) is 5.32.